The predicted octanol–water partition coefficient (Wildman–Crippen LogP) is 3.88. The summed E-state index contributed by atoms with van der Waals surface area (Å²) in [5.74, 6) is 1.07. The van der Waals surface area contributed by atoms with Crippen LogP contribution in [0.25, 0.3) is 11.2 Å². The molecule has 0 amide bonds. The van der Waals surface area contributed by atoms with Crippen molar-refractivity contribution >= 4 is 11.2 Å². The van der Waals surface area contributed by atoms with Crippen molar-refractivity contribution in [3.8, 4) is 5.75 Å². The van der Waals surface area contributed by atoms with Gasteiger partial charge in [-0.3, -0.25) is 0 Å². The number of pyridine rings is 1. The maximum Gasteiger partial charge on any atom is 0.159 e. The van der Waals surface area contributed by atoms with Crippen molar-refractivity contribution in [2.24, 2.45) is 0 Å². The van der Waals surface area contributed by atoms with Crippen LogP contribution in [-0.2, 0) is 11.3 Å². The molecule has 132 valence electrons. The van der Waals surface area contributed by atoms with Crippen molar-refractivity contribution in [2.75, 3.05) is 6.61 Å². The SMILES string of the molecule is Fc1ccc(OC2=CCC(OCCn3cnc4cccnc43)C=C2)cc1. The molecule has 0 aliphatic heterocycles. The molecule has 1 aliphatic carbocycles. The van der Waals surface area contributed by atoms with Crippen molar-refractivity contribution in [1.82, 2.24) is 14.5 Å². The standard InChI is InChI=1S/C20H18FN3O2/c21-15-3-5-17(6-4-15)26-18-9-7-16(8-10-18)25-13-12-24-14-23-19-2-1-11-22-20(19)24/h1-7,9-11,14,16H,8,12-13H2. The Balaban J connectivity index is 1.27. The molecule has 0 spiro atoms. The Morgan fingerprint density at radius 1 is 1.15 bits per heavy atom. The number of allylic oxidation sites excluding steroid dienone is 1. The topological polar surface area (TPSA) is 49.2 Å². The van der Waals surface area contributed by atoms with E-state index in [9.17, 15) is 4.39 Å². The first-order valence-corrected chi connectivity index (χ1v) is 8.47. The van der Waals surface area contributed by atoms with E-state index in [2.05, 4.69) is 9.97 Å². The largest absolute Gasteiger partial charge is 0.458 e. The zero-order chi connectivity index (χ0) is 17.8. The molecule has 1 aliphatic rings. The number of imidazole rings is 1. The summed E-state index contributed by atoms with van der Waals surface area (Å²) in [4.78, 5) is 8.66. The molecule has 1 atom stereocenters. The van der Waals surface area contributed by atoms with E-state index >= 15 is 0 Å². The number of rotatable bonds is 6. The minimum atomic E-state index is -0.278. The van der Waals surface area contributed by atoms with Gasteiger partial charge in [0.05, 0.1) is 19.0 Å². The molecule has 6 heteroatoms. The van der Waals surface area contributed by atoms with E-state index in [1.54, 1.807) is 24.7 Å². The monoisotopic (exact) mass is 351 g/mol. The van der Waals surface area contributed by atoms with Gasteiger partial charge in [0.1, 0.15) is 22.8 Å². The molecule has 1 aromatic carbocycles. The average molecular weight is 351 g/mol. The maximum absolute atomic E-state index is 12.9. The number of halogens is 1. The second-order valence-corrected chi connectivity index (χ2v) is 5.95. The van der Waals surface area contributed by atoms with E-state index in [0.717, 1.165) is 23.3 Å². The number of fused-ring (bicyclic) bond motifs is 1. The van der Waals surface area contributed by atoms with Crippen molar-refractivity contribution in [3.05, 3.63) is 78.7 Å². The third kappa shape index (κ3) is 3.81. The second-order valence-electron chi connectivity index (χ2n) is 5.95. The molecule has 26 heavy (non-hydrogen) atoms. The minimum absolute atomic E-state index is 0.0123. The Hall–Kier alpha value is -2.99. The summed E-state index contributed by atoms with van der Waals surface area (Å²) >= 11 is 0. The van der Waals surface area contributed by atoms with Crippen LogP contribution in [0.4, 0.5) is 4.39 Å². The summed E-state index contributed by atoms with van der Waals surface area (Å²) < 4.78 is 26.5. The van der Waals surface area contributed by atoms with Crippen LogP contribution in [-0.4, -0.2) is 27.2 Å². The fraction of sp³-hybridized carbons (Fsp3) is 0.200. The number of aromatic nitrogens is 3. The van der Waals surface area contributed by atoms with Crippen LogP contribution in [0, 0.1) is 5.82 Å². The van der Waals surface area contributed by atoms with Gasteiger partial charge in [0, 0.05) is 12.7 Å². The van der Waals surface area contributed by atoms with Crippen LogP contribution in [0.15, 0.2) is 72.9 Å². The van der Waals surface area contributed by atoms with Gasteiger partial charge in [-0.1, -0.05) is 6.08 Å². The highest BCUT2D eigenvalue weighted by Crippen LogP contribution is 2.19. The van der Waals surface area contributed by atoms with Crippen molar-refractivity contribution in [3.63, 3.8) is 0 Å². The van der Waals surface area contributed by atoms with Crippen LogP contribution >= 0.6 is 0 Å². The van der Waals surface area contributed by atoms with E-state index in [4.69, 9.17) is 9.47 Å². The van der Waals surface area contributed by atoms with Gasteiger partial charge in [0.25, 0.3) is 0 Å². The van der Waals surface area contributed by atoms with Crippen molar-refractivity contribution in [1.29, 1.82) is 0 Å². The first kappa shape index (κ1) is 16.5. The zero-order valence-corrected chi connectivity index (χ0v) is 14.1. The summed E-state index contributed by atoms with van der Waals surface area (Å²) in [6, 6.07) is 9.79. The molecule has 3 aromatic rings. The van der Waals surface area contributed by atoms with Crippen LogP contribution < -0.4 is 4.74 Å². The normalized spacial score (nSPS) is 16.7. The van der Waals surface area contributed by atoms with Crippen LogP contribution in [0.2, 0.25) is 0 Å². The molecule has 4 rings (SSSR count). The van der Waals surface area contributed by atoms with Gasteiger partial charge in [-0.05, 0) is 55.0 Å². The fourth-order valence-electron chi connectivity index (χ4n) is 2.78. The molecular weight excluding hydrogens is 333 g/mol. The molecule has 1 unspecified atom stereocenters. The molecular formula is C20H18FN3O2. The lowest BCUT2D eigenvalue weighted by Crippen LogP contribution is -2.16. The van der Waals surface area contributed by atoms with Gasteiger partial charge in [0.15, 0.2) is 5.65 Å². The van der Waals surface area contributed by atoms with E-state index in [0.29, 0.717) is 18.9 Å². The number of hydrogen-bond acceptors (Lipinski definition) is 4. The van der Waals surface area contributed by atoms with Gasteiger partial charge in [0.2, 0.25) is 0 Å². The molecule has 5 nitrogen and oxygen atoms in total. The second kappa shape index (κ2) is 7.49. The van der Waals surface area contributed by atoms with E-state index in [1.165, 1.54) is 12.1 Å². The smallest absolute Gasteiger partial charge is 0.159 e. The predicted molar refractivity (Wildman–Crippen MR) is 96.1 cm³/mol. The summed E-state index contributed by atoms with van der Waals surface area (Å²) in [6.45, 7) is 1.26. The van der Waals surface area contributed by atoms with Crippen molar-refractivity contribution < 1.29 is 13.9 Å². The highest BCUT2D eigenvalue weighted by Gasteiger charge is 2.11. The molecule has 0 bridgehead atoms. The lowest BCUT2D eigenvalue weighted by atomic mass is 10.1. The Bertz CT molecular complexity index is 947. The summed E-state index contributed by atoms with van der Waals surface area (Å²) in [7, 11) is 0. The third-order valence-electron chi connectivity index (χ3n) is 4.11. The summed E-state index contributed by atoms with van der Waals surface area (Å²) in [6.07, 6.45) is 10.1. The fourth-order valence-corrected chi connectivity index (χ4v) is 2.78. The van der Waals surface area contributed by atoms with Gasteiger partial charge in [-0.2, -0.15) is 0 Å². The highest BCUT2D eigenvalue weighted by molar-refractivity contribution is 5.69. The number of benzene rings is 1. The number of ether oxygens (including phenoxy) is 2. The summed E-state index contributed by atoms with van der Waals surface area (Å²) in [5.41, 5.74) is 1.75. The van der Waals surface area contributed by atoms with Gasteiger partial charge >= 0.3 is 0 Å². The maximum atomic E-state index is 12.9. The Kier molecular flexibility index (Phi) is 4.75. The van der Waals surface area contributed by atoms with Crippen LogP contribution in [0.5, 0.6) is 5.75 Å². The molecule has 0 radical (unpaired) electrons. The zero-order valence-electron chi connectivity index (χ0n) is 14.1. The van der Waals surface area contributed by atoms with Crippen LogP contribution in [0.3, 0.4) is 0 Å². The highest BCUT2D eigenvalue weighted by atomic mass is 19.1. The molecule has 0 saturated carbocycles. The lowest BCUT2D eigenvalue weighted by Gasteiger charge is -2.17. The molecule has 2 aromatic heterocycles. The first-order chi connectivity index (χ1) is 12.8. The summed E-state index contributed by atoms with van der Waals surface area (Å²) in [5, 5.41) is 0. The molecule has 0 saturated heterocycles. The van der Waals surface area contributed by atoms with E-state index in [1.807, 2.05) is 34.9 Å². The number of nitrogens with zero attached hydrogens (tertiary/aromatic N) is 3. The first-order valence-electron chi connectivity index (χ1n) is 8.47. The Morgan fingerprint density at radius 3 is 2.85 bits per heavy atom. The Labute approximate surface area is 150 Å². The van der Waals surface area contributed by atoms with Gasteiger partial charge in [-0.15, -0.1) is 0 Å². The third-order valence-corrected chi connectivity index (χ3v) is 4.11. The lowest BCUT2D eigenvalue weighted by molar-refractivity contribution is 0.0795. The quantitative estimate of drug-likeness (QED) is 0.676. The molecule has 0 fully saturated rings. The van der Waals surface area contributed by atoms with E-state index in [-0.39, 0.29) is 11.9 Å². The van der Waals surface area contributed by atoms with Crippen molar-refractivity contribution in [2.45, 2.75) is 19.1 Å². The molecule has 2 heterocycles. The average Bonchev–Trinajstić information content (AvgIpc) is 3.08. The molecule has 0 N–H and O–H groups in total. The number of hydrogen-bond donors (Lipinski definition) is 0. The Morgan fingerprint density at radius 2 is 2.04 bits per heavy atom. The van der Waals surface area contributed by atoms with Crippen LogP contribution in [0.1, 0.15) is 6.42 Å². The van der Waals surface area contributed by atoms with E-state index < -0.39 is 0 Å². The van der Waals surface area contributed by atoms with Gasteiger partial charge < -0.3 is 14.0 Å². The minimum Gasteiger partial charge on any atom is -0.458 e. The van der Waals surface area contributed by atoms with Gasteiger partial charge in [-0.25, -0.2) is 14.4 Å².